The third-order valence-corrected chi connectivity index (χ3v) is 5.43. The fourth-order valence-electron chi connectivity index (χ4n) is 3.49. The average molecular weight is 353 g/mol. The first-order chi connectivity index (χ1) is 12.3. The molecule has 1 saturated heterocycles. The van der Waals surface area contributed by atoms with Crippen LogP contribution in [-0.4, -0.2) is 30.1 Å². The largest absolute Gasteiger partial charge is 0.338 e. The van der Waals surface area contributed by atoms with Crippen LogP contribution < -0.4 is 5.32 Å². The fourth-order valence-corrected chi connectivity index (χ4v) is 3.49. The van der Waals surface area contributed by atoms with Gasteiger partial charge in [-0.3, -0.25) is 0 Å². The molecule has 25 heavy (non-hydrogen) atoms. The molecule has 0 aromatic carbocycles. The van der Waals surface area contributed by atoms with Gasteiger partial charge in [-0.25, -0.2) is 4.79 Å². The van der Waals surface area contributed by atoms with Crippen molar-refractivity contribution in [3.8, 4) is 0 Å². The van der Waals surface area contributed by atoms with Gasteiger partial charge in [-0.1, -0.05) is 103 Å². The van der Waals surface area contributed by atoms with E-state index in [1.54, 1.807) is 0 Å². The first kappa shape index (κ1) is 22.3. The first-order valence-corrected chi connectivity index (χ1v) is 11.3. The standard InChI is InChI=1S/C22H44N2O/c1-3-4-5-6-7-8-9-10-11-12-13-14-15-16-17-18-19-23-22(25)24-20-21(24)2/h21H,3-20H2,1-2H3,(H,23,25). The van der Waals surface area contributed by atoms with Gasteiger partial charge in [-0.15, -0.1) is 0 Å². The van der Waals surface area contributed by atoms with Crippen LogP contribution in [0.5, 0.6) is 0 Å². The Morgan fingerprint density at radius 1 is 0.760 bits per heavy atom. The summed E-state index contributed by atoms with van der Waals surface area (Å²) >= 11 is 0. The Kier molecular flexibility index (Phi) is 13.8. The minimum absolute atomic E-state index is 0.133. The summed E-state index contributed by atoms with van der Waals surface area (Å²) in [6.07, 6.45) is 22.3. The van der Waals surface area contributed by atoms with Crippen molar-refractivity contribution in [2.45, 2.75) is 123 Å². The predicted molar refractivity (Wildman–Crippen MR) is 109 cm³/mol. The van der Waals surface area contributed by atoms with Gasteiger partial charge in [0.15, 0.2) is 0 Å². The van der Waals surface area contributed by atoms with E-state index in [-0.39, 0.29) is 6.03 Å². The number of carbonyl (C=O) groups excluding carboxylic acids is 1. The Hall–Kier alpha value is -0.730. The Balaban J connectivity index is 1.66. The number of hydrogen-bond acceptors (Lipinski definition) is 1. The average Bonchev–Trinajstić information content (AvgIpc) is 3.34. The summed E-state index contributed by atoms with van der Waals surface area (Å²) in [6.45, 7) is 6.16. The normalized spacial score (nSPS) is 16.2. The zero-order valence-electron chi connectivity index (χ0n) is 17.2. The summed E-state index contributed by atoms with van der Waals surface area (Å²) in [5.41, 5.74) is 0. The Morgan fingerprint density at radius 2 is 1.12 bits per heavy atom. The molecule has 1 N–H and O–H groups in total. The monoisotopic (exact) mass is 352 g/mol. The second kappa shape index (κ2) is 15.5. The molecule has 0 bridgehead atoms. The molecule has 1 heterocycles. The van der Waals surface area contributed by atoms with E-state index in [4.69, 9.17) is 0 Å². The zero-order chi connectivity index (χ0) is 18.2. The zero-order valence-corrected chi connectivity index (χ0v) is 17.2. The Labute approximate surface area is 157 Å². The number of hydrogen-bond donors (Lipinski definition) is 1. The molecular formula is C22H44N2O. The van der Waals surface area contributed by atoms with Gasteiger partial charge in [-0.2, -0.15) is 0 Å². The molecule has 0 aliphatic carbocycles. The van der Waals surface area contributed by atoms with Crippen molar-refractivity contribution in [3.63, 3.8) is 0 Å². The fraction of sp³-hybridized carbons (Fsp3) is 0.955. The van der Waals surface area contributed by atoms with Crippen LogP contribution in [0.4, 0.5) is 4.79 Å². The van der Waals surface area contributed by atoms with Crippen molar-refractivity contribution in [1.29, 1.82) is 0 Å². The summed E-state index contributed by atoms with van der Waals surface area (Å²) in [4.78, 5) is 13.5. The van der Waals surface area contributed by atoms with Gasteiger partial charge < -0.3 is 10.2 Å². The van der Waals surface area contributed by atoms with Gasteiger partial charge in [0.05, 0.1) is 0 Å². The van der Waals surface area contributed by atoms with Crippen LogP contribution in [0.3, 0.4) is 0 Å². The van der Waals surface area contributed by atoms with Crippen molar-refractivity contribution in [2.75, 3.05) is 13.1 Å². The van der Waals surface area contributed by atoms with E-state index in [1.807, 2.05) is 4.90 Å². The molecule has 1 atom stereocenters. The lowest BCUT2D eigenvalue weighted by Crippen LogP contribution is -2.30. The molecule has 1 aliphatic heterocycles. The van der Waals surface area contributed by atoms with Crippen molar-refractivity contribution < 1.29 is 4.79 Å². The second-order valence-electron chi connectivity index (χ2n) is 8.04. The molecule has 3 nitrogen and oxygen atoms in total. The lowest BCUT2D eigenvalue weighted by atomic mass is 10.0. The van der Waals surface area contributed by atoms with E-state index >= 15 is 0 Å². The third-order valence-electron chi connectivity index (χ3n) is 5.43. The summed E-state index contributed by atoms with van der Waals surface area (Å²) in [5, 5.41) is 3.01. The van der Waals surface area contributed by atoms with Gasteiger partial charge >= 0.3 is 6.03 Å². The molecule has 148 valence electrons. The topological polar surface area (TPSA) is 32.1 Å². The van der Waals surface area contributed by atoms with Crippen LogP contribution in [0.25, 0.3) is 0 Å². The molecule has 0 saturated carbocycles. The highest BCUT2D eigenvalue weighted by molar-refractivity contribution is 5.76. The van der Waals surface area contributed by atoms with E-state index in [9.17, 15) is 4.79 Å². The highest BCUT2D eigenvalue weighted by Gasteiger charge is 2.33. The summed E-state index contributed by atoms with van der Waals surface area (Å²) in [7, 11) is 0. The number of nitrogens with one attached hydrogen (secondary N) is 1. The molecule has 1 aliphatic rings. The maximum absolute atomic E-state index is 11.6. The number of carbonyl (C=O) groups is 1. The number of unbranched alkanes of at least 4 members (excludes halogenated alkanes) is 15. The van der Waals surface area contributed by atoms with Crippen LogP contribution >= 0.6 is 0 Å². The SMILES string of the molecule is CCCCCCCCCCCCCCCCCCNC(=O)N1CC1C. The molecule has 3 heteroatoms. The molecule has 0 aromatic rings. The number of urea groups is 1. The highest BCUT2D eigenvalue weighted by Crippen LogP contribution is 2.15. The summed E-state index contributed by atoms with van der Waals surface area (Å²) in [6, 6.07) is 0.597. The lowest BCUT2D eigenvalue weighted by Gasteiger charge is -2.06. The minimum atomic E-state index is 0.133. The van der Waals surface area contributed by atoms with Gasteiger partial charge in [0.2, 0.25) is 0 Å². The van der Waals surface area contributed by atoms with Crippen LogP contribution in [-0.2, 0) is 0 Å². The smallest absolute Gasteiger partial charge is 0.317 e. The van der Waals surface area contributed by atoms with Gasteiger partial charge in [0, 0.05) is 19.1 Å². The van der Waals surface area contributed by atoms with Crippen molar-refractivity contribution in [3.05, 3.63) is 0 Å². The van der Waals surface area contributed by atoms with Crippen molar-refractivity contribution >= 4 is 6.03 Å². The number of nitrogens with zero attached hydrogens (tertiary/aromatic N) is 1. The number of amides is 2. The quantitative estimate of drug-likeness (QED) is 0.230. The maximum atomic E-state index is 11.6. The van der Waals surface area contributed by atoms with Gasteiger partial charge in [0.25, 0.3) is 0 Å². The van der Waals surface area contributed by atoms with Gasteiger partial charge in [0.1, 0.15) is 0 Å². The Morgan fingerprint density at radius 3 is 1.48 bits per heavy atom. The van der Waals surface area contributed by atoms with Crippen molar-refractivity contribution in [1.82, 2.24) is 10.2 Å². The van der Waals surface area contributed by atoms with E-state index in [0.29, 0.717) is 6.04 Å². The molecule has 1 fully saturated rings. The lowest BCUT2D eigenvalue weighted by molar-refractivity contribution is 0.227. The van der Waals surface area contributed by atoms with E-state index < -0.39 is 0 Å². The van der Waals surface area contributed by atoms with E-state index in [1.165, 1.54) is 96.3 Å². The number of rotatable bonds is 17. The first-order valence-electron chi connectivity index (χ1n) is 11.3. The summed E-state index contributed by atoms with van der Waals surface area (Å²) in [5.74, 6) is 0. The summed E-state index contributed by atoms with van der Waals surface area (Å²) < 4.78 is 0. The molecule has 0 radical (unpaired) electrons. The molecule has 1 unspecified atom stereocenters. The van der Waals surface area contributed by atoms with Crippen molar-refractivity contribution in [2.24, 2.45) is 0 Å². The third kappa shape index (κ3) is 13.2. The van der Waals surface area contributed by atoms with Gasteiger partial charge in [-0.05, 0) is 13.3 Å². The van der Waals surface area contributed by atoms with Crippen LogP contribution in [0, 0.1) is 0 Å². The molecular weight excluding hydrogens is 308 g/mol. The maximum Gasteiger partial charge on any atom is 0.317 e. The van der Waals surface area contributed by atoms with Crippen LogP contribution in [0.1, 0.15) is 117 Å². The molecule has 0 spiro atoms. The predicted octanol–water partition coefficient (Wildman–Crippen LogP) is 6.66. The highest BCUT2D eigenvalue weighted by atomic mass is 16.2. The van der Waals surface area contributed by atoms with Crippen LogP contribution in [0.15, 0.2) is 0 Å². The van der Waals surface area contributed by atoms with E-state index in [0.717, 1.165) is 19.5 Å². The molecule has 0 aromatic heterocycles. The second-order valence-corrected chi connectivity index (χ2v) is 8.04. The molecule has 1 rings (SSSR count). The Bertz CT molecular complexity index is 319. The van der Waals surface area contributed by atoms with Crippen LogP contribution in [0.2, 0.25) is 0 Å². The molecule has 2 amide bonds. The van der Waals surface area contributed by atoms with E-state index in [2.05, 4.69) is 19.2 Å². The minimum Gasteiger partial charge on any atom is -0.338 e.